The van der Waals surface area contributed by atoms with E-state index < -0.39 is 0 Å². The molecule has 0 aliphatic carbocycles. The minimum Gasteiger partial charge on any atom is -0.336 e. The number of amides is 1. The van der Waals surface area contributed by atoms with Gasteiger partial charge < -0.3 is 4.90 Å². The Bertz CT molecular complexity index is 1190. The fourth-order valence-electron chi connectivity index (χ4n) is 5.00. The van der Waals surface area contributed by atoms with E-state index in [2.05, 4.69) is 36.1 Å². The number of nitrogens with zero attached hydrogens (tertiary/aromatic N) is 4. The zero-order valence-corrected chi connectivity index (χ0v) is 18.7. The third kappa shape index (κ3) is 4.07. The fourth-order valence-corrected chi connectivity index (χ4v) is 5.00. The van der Waals surface area contributed by atoms with Gasteiger partial charge in [-0.25, -0.2) is 4.98 Å². The van der Waals surface area contributed by atoms with Gasteiger partial charge >= 0.3 is 0 Å². The first-order valence-corrected chi connectivity index (χ1v) is 11.7. The van der Waals surface area contributed by atoms with Crippen LogP contribution < -0.4 is 5.56 Å². The summed E-state index contributed by atoms with van der Waals surface area (Å²) in [5.74, 6) is 0.860. The lowest BCUT2D eigenvalue weighted by Gasteiger charge is -2.33. The maximum Gasteiger partial charge on any atom is 0.261 e. The van der Waals surface area contributed by atoms with Crippen LogP contribution in [0.15, 0.2) is 53.3 Å². The summed E-state index contributed by atoms with van der Waals surface area (Å²) in [7, 11) is 0. The fraction of sp³-hybridized carbons (Fsp3) is 0.423. The largest absolute Gasteiger partial charge is 0.336 e. The molecule has 166 valence electrons. The third-order valence-corrected chi connectivity index (χ3v) is 6.89. The average molecular weight is 431 g/mol. The highest BCUT2D eigenvalue weighted by atomic mass is 16.2. The van der Waals surface area contributed by atoms with E-state index in [1.807, 2.05) is 21.6 Å². The number of hydrogen-bond donors (Lipinski definition) is 0. The van der Waals surface area contributed by atoms with E-state index in [1.165, 1.54) is 12.0 Å². The average Bonchev–Trinajstić information content (AvgIpc) is 3.02. The molecule has 32 heavy (non-hydrogen) atoms. The number of likely N-dealkylation sites (tertiary alicyclic amines) is 1. The van der Waals surface area contributed by atoms with Crippen molar-refractivity contribution >= 4 is 16.8 Å². The highest BCUT2D eigenvalue weighted by molar-refractivity contribution is 5.97. The number of fused-ring (bicyclic) bond motifs is 2. The minimum atomic E-state index is -0.00287. The predicted octanol–water partition coefficient (Wildman–Crippen LogP) is 3.47. The van der Waals surface area contributed by atoms with Crippen LogP contribution in [0, 0.1) is 0 Å². The lowest BCUT2D eigenvalue weighted by molar-refractivity contribution is 0.0636. The van der Waals surface area contributed by atoms with Crippen LogP contribution >= 0.6 is 0 Å². The van der Waals surface area contributed by atoms with Crippen LogP contribution in [0.25, 0.3) is 10.9 Å². The van der Waals surface area contributed by atoms with E-state index in [0.717, 1.165) is 51.3 Å². The topological polar surface area (TPSA) is 58.4 Å². The van der Waals surface area contributed by atoms with Gasteiger partial charge in [0.05, 0.1) is 10.9 Å². The molecule has 2 aliphatic heterocycles. The lowest BCUT2D eigenvalue weighted by Crippen LogP contribution is -2.42. The zero-order chi connectivity index (χ0) is 22.1. The summed E-state index contributed by atoms with van der Waals surface area (Å²) in [5.41, 5.74) is 2.53. The molecule has 2 aliphatic rings. The van der Waals surface area contributed by atoms with Crippen molar-refractivity contribution in [3.05, 3.63) is 75.8 Å². The van der Waals surface area contributed by atoms with Gasteiger partial charge in [0.1, 0.15) is 5.82 Å². The van der Waals surface area contributed by atoms with Crippen molar-refractivity contribution in [3.8, 4) is 0 Å². The van der Waals surface area contributed by atoms with Gasteiger partial charge in [-0.05, 0) is 49.9 Å². The van der Waals surface area contributed by atoms with Crippen molar-refractivity contribution < 1.29 is 4.79 Å². The van der Waals surface area contributed by atoms with Gasteiger partial charge in [0.25, 0.3) is 11.5 Å². The SMILES string of the molecule is CC1CCCCN1C(=O)c1ccc2c(=O)n3c(nc2c1)CCN(Cc1ccccc1)CC3. The highest BCUT2D eigenvalue weighted by Gasteiger charge is 2.25. The molecule has 1 aromatic heterocycles. The normalized spacial score (nSPS) is 19.5. The van der Waals surface area contributed by atoms with Crippen molar-refractivity contribution in [2.75, 3.05) is 19.6 Å². The summed E-state index contributed by atoms with van der Waals surface area (Å²) >= 11 is 0. The molecule has 6 nitrogen and oxygen atoms in total. The van der Waals surface area contributed by atoms with E-state index in [4.69, 9.17) is 4.98 Å². The highest BCUT2D eigenvalue weighted by Crippen LogP contribution is 2.21. The van der Waals surface area contributed by atoms with Crippen LogP contribution in [0.4, 0.5) is 0 Å². The molecule has 3 heterocycles. The molecule has 5 rings (SSSR count). The van der Waals surface area contributed by atoms with E-state index in [9.17, 15) is 9.59 Å². The van der Waals surface area contributed by atoms with Crippen molar-refractivity contribution in [3.63, 3.8) is 0 Å². The van der Waals surface area contributed by atoms with Gasteiger partial charge in [-0.2, -0.15) is 0 Å². The van der Waals surface area contributed by atoms with Crippen LogP contribution in [0.5, 0.6) is 0 Å². The Morgan fingerprint density at radius 1 is 1.03 bits per heavy atom. The molecule has 0 spiro atoms. The van der Waals surface area contributed by atoms with E-state index in [1.54, 1.807) is 12.1 Å². The third-order valence-electron chi connectivity index (χ3n) is 6.89. The summed E-state index contributed by atoms with van der Waals surface area (Å²) in [6, 6.07) is 16.1. The van der Waals surface area contributed by atoms with E-state index in [0.29, 0.717) is 23.0 Å². The first-order chi connectivity index (χ1) is 15.6. The second kappa shape index (κ2) is 8.87. The molecule has 0 bridgehead atoms. The van der Waals surface area contributed by atoms with Crippen LogP contribution in [0.3, 0.4) is 0 Å². The molecule has 1 amide bonds. The summed E-state index contributed by atoms with van der Waals surface area (Å²) < 4.78 is 1.82. The van der Waals surface area contributed by atoms with Crippen molar-refractivity contribution in [2.24, 2.45) is 0 Å². The molecule has 1 atom stereocenters. The standard InChI is InChI=1S/C26H30N4O2/c1-19-7-5-6-13-29(19)25(31)21-10-11-22-23(17-21)27-24-12-14-28(15-16-30(24)26(22)32)18-20-8-3-2-4-9-20/h2-4,8-11,17,19H,5-7,12-16,18H2,1H3. The monoisotopic (exact) mass is 430 g/mol. The summed E-state index contributed by atoms with van der Waals surface area (Å²) in [6.07, 6.45) is 4.00. The summed E-state index contributed by atoms with van der Waals surface area (Å²) in [4.78, 5) is 35.5. The molecule has 1 fully saturated rings. The molecule has 3 aromatic rings. The van der Waals surface area contributed by atoms with Crippen LogP contribution in [-0.2, 0) is 19.5 Å². The van der Waals surface area contributed by atoms with Crippen molar-refractivity contribution in [2.45, 2.75) is 51.7 Å². The Hall–Kier alpha value is -2.99. The van der Waals surface area contributed by atoms with Crippen LogP contribution in [0.1, 0.15) is 47.9 Å². The molecule has 0 N–H and O–H groups in total. The first kappa shape index (κ1) is 20.9. The molecule has 1 unspecified atom stereocenters. The maximum atomic E-state index is 13.2. The lowest BCUT2D eigenvalue weighted by atomic mass is 10.0. The number of aromatic nitrogens is 2. The maximum absolute atomic E-state index is 13.2. The smallest absolute Gasteiger partial charge is 0.261 e. The van der Waals surface area contributed by atoms with E-state index in [-0.39, 0.29) is 17.5 Å². The van der Waals surface area contributed by atoms with Crippen molar-refractivity contribution in [1.29, 1.82) is 0 Å². The number of hydrogen-bond acceptors (Lipinski definition) is 4. The molecule has 2 aromatic carbocycles. The number of rotatable bonds is 3. The molecular formula is C26H30N4O2. The first-order valence-electron chi connectivity index (χ1n) is 11.7. The molecule has 0 saturated carbocycles. The number of carbonyl (C=O) groups is 1. The minimum absolute atomic E-state index is 0.00287. The van der Waals surface area contributed by atoms with Crippen LogP contribution in [-0.4, -0.2) is 50.9 Å². The summed E-state index contributed by atoms with van der Waals surface area (Å²) in [5, 5.41) is 0.591. The Morgan fingerprint density at radius 2 is 1.88 bits per heavy atom. The Morgan fingerprint density at radius 3 is 2.69 bits per heavy atom. The van der Waals surface area contributed by atoms with Crippen molar-refractivity contribution in [1.82, 2.24) is 19.4 Å². The number of piperidine rings is 1. The van der Waals surface area contributed by atoms with Gasteiger partial charge in [-0.3, -0.25) is 19.1 Å². The number of benzene rings is 2. The Kier molecular flexibility index (Phi) is 5.79. The zero-order valence-electron chi connectivity index (χ0n) is 18.7. The van der Waals surface area contributed by atoms with E-state index >= 15 is 0 Å². The Balaban J connectivity index is 1.41. The predicted molar refractivity (Wildman–Crippen MR) is 126 cm³/mol. The quantitative estimate of drug-likeness (QED) is 0.639. The van der Waals surface area contributed by atoms with Gasteiger partial charge in [0.15, 0.2) is 0 Å². The van der Waals surface area contributed by atoms with Gasteiger partial charge in [0.2, 0.25) is 0 Å². The second-order valence-corrected chi connectivity index (χ2v) is 9.07. The molecule has 6 heteroatoms. The van der Waals surface area contributed by atoms with Gasteiger partial charge in [0, 0.05) is 50.7 Å². The van der Waals surface area contributed by atoms with Gasteiger partial charge in [-0.15, -0.1) is 0 Å². The molecular weight excluding hydrogens is 400 g/mol. The number of carbonyl (C=O) groups excluding carboxylic acids is 1. The van der Waals surface area contributed by atoms with Crippen LogP contribution in [0.2, 0.25) is 0 Å². The second-order valence-electron chi connectivity index (χ2n) is 9.07. The molecule has 0 radical (unpaired) electrons. The Labute approximate surface area is 188 Å². The molecule has 1 saturated heterocycles. The summed E-state index contributed by atoms with van der Waals surface area (Å²) in [6.45, 7) is 6.10. The van der Waals surface area contributed by atoms with Gasteiger partial charge in [-0.1, -0.05) is 30.3 Å².